The summed E-state index contributed by atoms with van der Waals surface area (Å²) in [6.07, 6.45) is 2.50. The zero-order chi connectivity index (χ0) is 15.2. The summed E-state index contributed by atoms with van der Waals surface area (Å²) in [5, 5.41) is 6.63. The molecule has 1 saturated heterocycles. The van der Waals surface area contributed by atoms with Gasteiger partial charge >= 0.3 is 0 Å². The first kappa shape index (κ1) is 15.8. The number of likely N-dealkylation sites (N-methyl/N-ethyl adjacent to an activating group) is 1. The lowest BCUT2D eigenvalue weighted by atomic mass is 10.1. The summed E-state index contributed by atoms with van der Waals surface area (Å²) in [7, 11) is 3.93. The maximum Gasteiger partial charge on any atom is 0.191 e. The molecule has 1 aliphatic rings. The number of benzene rings is 1. The van der Waals surface area contributed by atoms with Crippen molar-refractivity contribution < 1.29 is 4.39 Å². The largest absolute Gasteiger partial charge is 0.355 e. The third kappa shape index (κ3) is 4.43. The van der Waals surface area contributed by atoms with E-state index < -0.39 is 0 Å². The Morgan fingerprint density at radius 1 is 1.43 bits per heavy atom. The lowest BCUT2D eigenvalue weighted by molar-refractivity contribution is 0.309. The Morgan fingerprint density at radius 2 is 2.24 bits per heavy atom. The second-order valence-corrected chi connectivity index (χ2v) is 5.67. The van der Waals surface area contributed by atoms with Gasteiger partial charge in [0.2, 0.25) is 0 Å². The van der Waals surface area contributed by atoms with Crippen molar-refractivity contribution in [3.63, 3.8) is 0 Å². The lowest BCUT2D eigenvalue weighted by Gasteiger charge is -2.21. The minimum absolute atomic E-state index is 0.162. The van der Waals surface area contributed by atoms with Gasteiger partial charge in [-0.25, -0.2) is 4.39 Å². The molecule has 0 radical (unpaired) electrons. The van der Waals surface area contributed by atoms with Gasteiger partial charge in [-0.2, -0.15) is 0 Å². The van der Waals surface area contributed by atoms with Crippen LogP contribution in [-0.2, 0) is 6.54 Å². The van der Waals surface area contributed by atoms with Gasteiger partial charge in [-0.1, -0.05) is 12.1 Å². The molecule has 0 bridgehead atoms. The van der Waals surface area contributed by atoms with E-state index in [-0.39, 0.29) is 5.82 Å². The Balaban J connectivity index is 1.81. The molecule has 1 aromatic carbocycles. The van der Waals surface area contributed by atoms with Crippen LogP contribution in [-0.4, -0.2) is 44.1 Å². The number of aliphatic imine (C=N–C) groups is 1. The number of nitrogens with zero attached hydrogens (tertiary/aromatic N) is 2. The lowest BCUT2D eigenvalue weighted by Crippen LogP contribution is -2.43. The summed E-state index contributed by atoms with van der Waals surface area (Å²) in [5.41, 5.74) is 1.72. The van der Waals surface area contributed by atoms with Crippen LogP contribution in [0.15, 0.2) is 23.2 Å². The summed E-state index contributed by atoms with van der Waals surface area (Å²) in [5.74, 6) is 0.628. The molecule has 1 unspecified atom stereocenters. The van der Waals surface area contributed by atoms with Crippen LogP contribution in [0.4, 0.5) is 4.39 Å². The van der Waals surface area contributed by atoms with Crippen molar-refractivity contribution in [2.24, 2.45) is 4.99 Å². The molecular formula is C16H25FN4. The highest BCUT2D eigenvalue weighted by Gasteiger charge is 2.20. The van der Waals surface area contributed by atoms with E-state index in [4.69, 9.17) is 0 Å². The highest BCUT2D eigenvalue weighted by atomic mass is 19.1. The Morgan fingerprint density at radius 3 is 2.86 bits per heavy atom. The topological polar surface area (TPSA) is 39.7 Å². The Labute approximate surface area is 126 Å². The molecule has 0 aromatic heterocycles. The van der Waals surface area contributed by atoms with Crippen LogP contribution < -0.4 is 10.6 Å². The van der Waals surface area contributed by atoms with Crippen LogP contribution >= 0.6 is 0 Å². The Kier molecular flexibility index (Phi) is 5.56. The number of hydrogen-bond acceptors (Lipinski definition) is 2. The fourth-order valence-corrected chi connectivity index (χ4v) is 2.67. The first-order chi connectivity index (χ1) is 10.1. The van der Waals surface area contributed by atoms with Crippen molar-refractivity contribution in [3.05, 3.63) is 35.1 Å². The molecule has 0 aliphatic carbocycles. The number of aryl methyl sites for hydroxylation is 1. The first-order valence-electron chi connectivity index (χ1n) is 7.50. The van der Waals surface area contributed by atoms with E-state index in [1.54, 1.807) is 20.0 Å². The number of likely N-dealkylation sites (tertiary alicyclic amines) is 1. The molecule has 21 heavy (non-hydrogen) atoms. The fourth-order valence-electron chi connectivity index (χ4n) is 2.67. The summed E-state index contributed by atoms with van der Waals surface area (Å²) >= 11 is 0. The number of rotatable bonds is 4. The van der Waals surface area contributed by atoms with Crippen LogP contribution in [0.1, 0.15) is 24.0 Å². The Hall–Kier alpha value is -1.62. The normalized spacial score (nSPS) is 19.8. The standard InChI is InChI=1S/C16H25FN4/c1-12-9-13(6-7-15(12)17)10-19-16(18-2)20-11-14-5-4-8-21(14)3/h6-7,9,14H,4-5,8,10-11H2,1-3H3,(H2,18,19,20). The van der Waals surface area contributed by atoms with Gasteiger partial charge < -0.3 is 15.5 Å². The third-order valence-electron chi connectivity index (χ3n) is 4.08. The highest BCUT2D eigenvalue weighted by molar-refractivity contribution is 5.79. The minimum Gasteiger partial charge on any atom is -0.355 e. The van der Waals surface area contributed by atoms with Gasteiger partial charge in [0.05, 0.1) is 0 Å². The number of halogens is 1. The van der Waals surface area contributed by atoms with E-state index in [2.05, 4.69) is 27.6 Å². The van der Waals surface area contributed by atoms with Gasteiger partial charge in [-0.3, -0.25) is 4.99 Å². The van der Waals surface area contributed by atoms with Crippen molar-refractivity contribution in [1.82, 2.24) is 15.5 Å². The minimum atomic E-state index is -0.162. The van der Waals surface area contributed by atoms with Crippen molar-refractivity contribution >= 4 is 5.96 Å². The molecule has 1 aromatic rings. The predicted molar refractivity (Wildman–Crippen MR) is 85.0 cm³/mol. The van der Waals surface area contributed by atoms with Gasteiger partial charge in [0.1, 0.15) is 5.82 Å². The van der Waals surface area contributed by atoms with Gasteiger partial charge in [0.15, 0.2) is 5.96 Å². The first-order valence-corrected chi connectivity index (χ1v) is 7.50. The third-order valence-corrected chi connectivity index (χ3v) is 4.08. The quantitative estimate of drug-likeness (QED) is 0.658. The van der Waals surface area contributed by atoms with Crippen molar-refractivity contribution in [2.45, 2.75) is 32.4 Å². The van der Waals surface area contributed by atoms with Crippen LogP contribution in [0, 0.1) is 12.7 Å². The molecule has 1 atom stereocenters. The molecule has 0 amide bonds. The summed E-state index contributed by atoms with van der Waals surface area (Å²) < 4.78 is 13.2. The van der Waals surface area contributed by atoms with Crippen LogP contribution in [0.25, 0.3) is 0 Å². The van der Waals surface area contributed by atoms with E-state index in [0.717, 1.165) is 18.1 Å². The van der Waals surface area contributed by atoms with Crippen molar-refractivity contribution in [3.8, 4) is 0 Å². The van der Waals surface area contributed by atoms with Crippen LogP contribution in [0.2, 0.25) is 0 Å². The van der Waals surface area contributed by atoms with E-state index in [0.29, 0.717) is 18.2 Å². The van der Waals surface area contributed by atoms with Crippen molar-refractivity contribution in [1.29, 1.82) is 0 Å². The SMILES string of the molecule is CN=C(NCc1ccc(F)c(C)c1)NCC1CCCN1C. The highest BCUT2D eigenvalue weighted by Crippen LogP contribution is 2.13. The maximum atomic E-state index is 13.2. The monoisotopic (exact) mass is 292 g/mol. The molecule has 0 saturated carbocycles. The van der Waals surface area contributed by atoms with Crippen molar-refractivity contribution in [2.75, 3.05) is 27.2 Å². The molecule has 1 heterocycles. The van der Waals surface area contributed by atoms with E-state index in [1.165, 1.54) is 25.5 Å². The summed E-state index contributed by atoms with van der Waals surface area (Å²) in [6, 6.07) is 5.75. The molecular weight excluding hydrogens is 267 g/mol. The number of nitrogens with one attached hydrogen (secondary N) is 2. The maximum absolute atomic E-state index is 13.2. The van der Waals surface area contributed by atoms with Gasteiger partial charge in [-0.05, 0) is 50.6 Å². The zero-order valence-corrected chi connectivity index (χ0v) is 13.1. The van der Waals surface area contributed by atoms with E-state index in [1.807, 2.05) is 6.07 Å². The van der Waals surface area contributed by atoms with E-state index in [9.17, 15) is 4.39 Å². The van der Waals surface area contributed by atoms with Gasteiger partial charge in [-0.15, -0.1) is 0 Å². The summed E-state index contributed by atoms with van der Waals surface area (Å²) in [6.45, 7) is 4.50. The Bertz CT molecular complexity index is 501. The molecule has 0 spiro atoms. The molecule has 4 nitrogen and oxygen atoms in total. The molecule has 116 valence electrons. The average Bonchev–Trinajstić information content (AvgIpc) is 2.88. The summed E-state index contributed by atoms with van der Waals surface area (Å²) in [4.78, 5) is 6.61. The molecule has 5 heteroatoms. The molecule has 2 rings (SSSR count). The predicted octanol–water partition coefficient (Wildman–Crippen LogP) is 1.89. The smallest absolute Gasteiger partial charge is 0.191 e. The van der Waals surface area contributed by atoms with Gasteiger partial charge in [0, 0.05) is 26.2 Å². The molecule has 1 fully saturated rings. The second kappa shape index (κ2) is 7.41. The van der Waals surface area contributed by atoms with Crippen LogP contribution in [0.5, 0.6) is 0 Å². The number of guanidine groups is 1. The van der Waals surface area contributed by atoms with Gasteiger partial charge in [0.25, 0.3) is 0 Å². The zero-order valence-electron chi connectivity index (χ0n) is 13.1. The van der Waals surface area contributed by atoms with Crippen LogP contribution in [0.3, 0.4) is 0 Å². The van der Waals surface area contributed by atoms with E-state index >= 15 is 0 Å². The fraction of sp³-hybridized carbons (Fsp3) is 0.562. The average molecular weight is 292 g/mol. The molecule has 2 N–H and O–H groups in total. The second-order valence-electron chi connectivity index (χ2n) is 5.67. The molecule has 1 aliphatic heterocycles. The number of hydrogen-bond donors (Lipinski definition) is 2.